The van der Waals surface area contributed by atoms with Crippen LogP contribution in [0.2, 0.25) is 0 Å². The third-order valence-corrected chi connectivity index (χ3v) is 5.67. The molecule has 2 aromatic rings. The molecule has 0 bridgehead atoms. The molecule has 3 N–H and O–H groups in total. The number of hydrogen-bond acceptors (Lipinski definition) is 6. The van der Waals surface area contributed by atoms with Crippen molar-refractivity contribution in [2.45, 2.75) is 51.6 Å². The summed E-state index contributed by atoms with van der Waals surface area (Å²) < 4.78 is 0. The molecular weight excluding hydrogens is 328 g/mol. The highest BCUT2D eigenvalue weighted by molar-refractivity contribution is 7.99. The lowest BCUT2D eigenvalue weighted by atomic mass is 10.2. The summed E-state index contributed by atoms with van der Waals surface area (Å²) >= 11 is 2.95. The van der Waals surface area contributed by atoms with Crippen LogP contribution in [-0.4, -0.2) is 28.2 Å². The number of aromatic nitrogens is 2. The SMILES string of the molecule is CCCCCCNC(=O)CSc1nc(N)c2c(C)c(C)sc2n1. The number of fused-ring (bicyclic) bond motifs is 1. The lowest BCUT2D eigenvalue weighted by Crippen LogP contribution is -2.26. The molecule has 5 nitrogen and oxygen atoms in total. The van der Waals surface area contributed by atoms with Gasteiger partial charge in [-0.3, -0.25) is 4.79 Å². The van der Waals surface area contributed by atoms with E-state index in [9.17, 15) is 4.79 Å². The number of nitrogens with two attached hydrogens (primary N) is 1. The first kappa shape index (κ1) is 18.0. The minimum absolute atomic E-state index is 0.0207. The molecule has 0 unspecified atom stereocenters. The van der Waals surface area contributed by atoms with Gasteiger partial charge in [0.1, 0.15) is 10.6 Å². The Kier molecular flexibility index (Phi) is 6.65. The first-order valence-corrected chi connectivity index (χ1v) is 9.75. The molecule has 2 rings (SSSR count). The Hall–Kier alpha value is -1.34. The van der Waals surface area contributed by atoms with E-state index in [4.69, 9.17) is 5.73 Å². The van der Waals surface area contributed by atoms with E-state index in [1.165, 1.54) is 29.5 Å². The maximum absolute atomic E-state index is 11.8. The quantitative estimate of drug-likeness (QED) is 0.430. The number of nitrogen functional groups attached to an aromatic ring is 1. The number of nitrogens with one attached hydrogen (secondary N) is 1. The van der Waals surface area contributed by atoms with Gasteiger partial charge in [-0.15, -0.1) is 11.3 Å². The summed E-state index contributed by atoms with van der Waals surface area (Å²) in [7, 11) is 0. The topological polar surface area (TPSA) is 80.9 Å². The molecule has 0 aliphatic rings. The van der Waals surface area contributed by atoms with E-state index in [0.29, 0.717) is 16.7 Å². The summed E-state index contributed by atoms with van der Waals surface area (Å²) in [5, 5.41) is 4.44. The van der Waals surface area contributed by atoms with Crippen LogP contribution in [0.15, 0.2) is 5.16 Å². The zero-order chi connectivity index (χ0) is 16.8. The van der Waals surface area contributed by atoms with Crippen molar-refractivity contribution in [3.63, 3.8) is 0 Å². The number of thiophene rings is 1. The second-order valence-electron chi connectivity index (χ2n) is 5.55. The van der Waals surface area contributed by atoms with Crippen LogP contribution in [0.5, 0.6) is 0 Å². The molecule has 0 fully saturated rings. The van der Waals surface area contributed by atoms with Gasteiger partial charge in [0, 0.05) is 11.4 Å². The van der Waals surface area contributed by atoms with Crippen molar-refractivity contribution < 1.29 is 4.79 Å². The zero-order valence-electron chi connectivity index (χ0n) is 13.9. The second-order valence-corrected chi connectivity index (χ2v) is 7.70. The Labute approximate surface area is 145 Å². The van der Waals surface area contributed by atoms with Crippen LogP contribution in [0, 0.1) is 13.8 Å². The highest BCUT2D eigenvalue weighted by Crippen LogP contribution is 2.33. The molecule has 0 aliphatic heterocycles. The van der Waals surface area contributed by atoms with Gasteiger partial charge >= 0.3 is 0 Å². The molecule has 0 atom stereocenters. The molecule has 0 aromatic carbocycles. The largest absolute Gasteiger partial charge is 0.383 e. The summed E-state index contributed by atoms with van der Waals surface area (Å²) in [6.45, 7) is 7.01. The molecule has 2 heterocycles. The lowest BCUT2D eigenvalue weighted by molar-refractivity contribution is -0.118. The number of thioether (sulfide) groups is 1. The van der Waals surface area contributed by atoms with Crippen LogP contribution in [0.4, 0.5) is 5.82 Å². The third kappa shape index (κ3) is 4.81. The Bertz CT molecular complexity index is 684. The Morgan fingerprint density at radius 2 is 2.04 bits per heavy atom. The Balaban J connectivity index is 1.88. The number of nitrogens with zero attached hydrogens (tertiary/aromatic N) is 2. The number of amides is 1. The Morgan fingerprint density at radius 3 is 2.78 bits per heavy atom. The van der Waals surface area contributed by atoms with Crippen molar-refractivity contribution >= 4 is 45.0 Å². The van der Waals surface area contributed by atoms with Crippen LogP contribution >= 0.6 is 23.1 Å². The first-order valence-electron chi connectivity index (χ1n) is 7.95. The molecule has 23 heavy (non-hydrogen) atoms. The number of unbranched alkanes of at least 4 members (excludes halogenated alkanes) is 3. The summed E-state index contributed by atoms with van der Waals surface area (Å²) in [5.74, 6) is 0.842. The van der Waals surface area contributed by atoms with Crippen molar-refractivity contribution in [1.29, 1.82) is 0 Å². The predicted molar refractivity (Wildman–Crippen MR) is 99.2 cm³/mol. The fourth-order valence-electron chi connectivity index (χ4n) is 2.29. The summed E-state index contributed by atoms with van der Waals surface area (Å²) in [6, 6.07) is 0. The highest BCUT2D eigenvalue weighted by atomic mass is 32.2. The zero-order valence-corrected chi connectivity index (χ0v) is 15.6. The maximum atomic E-state index is 11.8. The number of anilines is 1. The van der Waals surface area contributed by atoms with Crippen LogP contribution < -0.4 is 11.1 Å². The van der Waals surface area contributed by atoms with Crippen molar-refractivity contribution in [2.24, 2.45) is 0 Å². The van der Waals surface area contributed by atoms with E-state index in [1.807, 2.05) is 6.92 Å². The van der Waals surface area contributed by atoms with E-state index in [1.54, 1.807) is 11.3 Å². The number of carbonyl (C=O) groups excluding carboxylic acids is 1. The van der Waals surface area contributed by atoms with Gasteiger partial charge in [0.25, 0.3) is 0 Å². The molecule has 1 amide bonds. The number of aryl methyl sites for hydroxylation is 2. The molecule has 7 heteroatoms. The molecule has 126 valence electrons. The van der Waals surface area contributed by atoms with Crippen LogP contribution in [-0.2, 0) is 4.79 Å². The van der Waals surface area contributed by atoms with E-state index in [-0.39, 0.29) is 5.91 Å². The third-order valence-electron chi connectivity index (χ3n) is 3.72. The first-order chi connectivity index (χ1) is 11.0. The standard InChI is InChI=1S/C16H24N4OS2/c1-4-5-6-7-8-18-12(21)9-22-16-19-14(17)13-10(2)11(3)23-15(13)20-16/h4-9H2,1-3H3,(H,18,21)(H2,17,19,20). The molecule has 0 radical (unpaired) electrons. The van der Waals surface area contributed by atoms with E-state index < -0.39 is 0 Å². The molecule has 0 spiro atoms. The van der Waals surface area contributed by atoms with Gasteiger partial charge in [0.15, 0.2) is 5.16 Å². The van der Waals surface area contributed by atoms with Gasteiger partial charge in [0.05, 0.1) is 11.1 Å². The second kappa shape index (κ2) is 8.49. The lowest BCUT2D eigenvalue weighted by Gasteiger charge is -2.05. The minimum atomic E-state index is 0.0207. The van der Waals surface area contributed by atoms with Gasteiger partial charge in [0.2, 0.25) is 5.91 Å². The van der Waals surface area contributed by atoms with E-state index in [0.717, 1.165) is 35.2 Å². The van der Waals surface area contributed by atoms with E-state index >= 15 is 0 Å². The Morgan fingerprint density at radius 1 is 1.26 bits per heavy atom. The monoisotopic (exact) mass is 352 g/mol. The van der Waals surface area contributed by atoms with Crippen LogP contribution in [0.25, 0.3) is 10.2 Å². The molecule has 0 saturated carbocycles. The predicted octanol–water partition coefficient (Wildman–Crippen LogP) is 3.68. The van der Waals surface area contributed by atoms with Crippen molar-refractivity contribution in [3.8, 4) is 0 Å². The molecule has 0 aliphatic carbocycles. The van der Waals surface area contributed by atoms with Crippen molar-refractivity contribution in [1.82, 2.24) is 15.3 Å². The molecular formula is C16H24N4OS2. The van der Waals surface area contributed by atoms with Crippen molar-refractivity contribution in [3.05, 3.63) is 10.4 Å². The fraction of sp³-hybridized carbons (Fsp3) is 0.562. The maximum Gasteiger partial charge on any atom is 0.230 e. The minimum Gasteiger partial charge on any atom is -0.383 e. The fourth-order valence-corrected chi connectivity index (χ4v) is 4.06. The number of carbonyl (C=O) groups is 1. The van der Waals surface area contributed by atoms with Crippen LogP contribution in [0.3, 0.4) is 0 Å². The molecule has 0 saturated heterocycles. The number of hydrogen-bond donors (Lipinski definition) is 2. The van der Waals surface area contributed by atoms with Gasteiger partial charge in [-0.05, 0) is 25.8 Å². The van der Waals surface area contributed by atoms with Crippen molar-refractivity contribution in [2.75, 3.05) is 18.0 Å². The molecule has 2 aromatic heterocycles. The van der Waals surface area contributed by atoms with Gasteiger partial charge in [-0.25, -0.2) is 9.97 Å². The summed E-state index contributed by atoms with van der Waals surface area (Å²) in [4.78, 5) is 22.8. The van der Waals surface area contributed by atoms with E-state index in [2.05, 4.69) is 29.1 Å². The van der Waals surface area contributed by atoms with Gasteiger partial charge < -0.3 is 11.1 Å². The van der Waals surface area contributed by atoms with Crippen LogP contribution in [0.1, 0.15) is 43.0 Å². The van der Waals surface area contributed by atoms with Gasteiger partial charge in [-0.2, -0.15) is 0 Å². The highest BCUT2D eigenvalue weighted by Gasteiger charge is 2.13. The number of rotatable bonds is 8. The van der Waals surface area contributed by atoms with Gasteiger partial charge in [-0.1, -0.05) is 37.9 Å². The summed E-state index contributed by atoms with van der Waals surface area (Å²) in [5.41, 5.74) is 7.19. The average Bonchev–Trinajstić information content (AvgIpc) is 2.80. The normalized spacial score (nSPS) is 11.1. The average molecular weight is 353 g/mol. The smallest absolute Gasteiger partial charge is 0.230 e. The summed E-state index contributed by atoms with van der Waals surface area (Å²) in [6.07, 6.45) is 4.62.